The van der Waals surface area contributed by atoms with Crippen LogP contribution in [0.25, 0.3) is 0 Å². The van der Waals surface area contributed by atoms with Crippen molar-refractivity contribution in [2.75, 3.05) is 30.4 Å². The molecule has 0 bridgehead atoms. The molecule has 0 radical (unpaired) electrons. The monoisotopic (exact) mass is 261 g/mol. The number of rotatable bonds is 4. The average molecular weight is 261 g/mol. The zero-order valence-corrected chi connectivity index (χ0v) is 11.2. The standard InChI is InChI=1S/C14H19N3O2/c1-19-11-8-12(16-14(18)10-4-5-10)15-13(9-11)17-6-2-3-7-17/h8-10H,2-7H2,1H3,(H,15,16,18). The molecular weight excluding hydrogens is 242 g/mol. The Morgan fingerprint density at radius 1 is 1.37 bits per heavy atom. The van der Waals surface area contributed by atoms with E-state index in [1.54, 1.807) is 13.2 Å². The van der Waals surface area contributed by atoms with Gasteiger partial charge in [-0.3, -0.25) is 4.79 Å². The normalized spacial score (nSPS) is 18.5. The van der Waals surface area contributed by atoms with Crippen molar-refractivity contribution in [3.05, 3.63) is 12.1 Å². The van der Waals surface area contributed by atoms with Crippen molar-refractivity contribution in [3.63, 3.8) is 0 Å². The van der Waals surface area contributed by atoms with Gasteiger partial charge in [0.2, 0.25) is 5.91 Å². The molecule has 2 fully saturated rings. The van der Waals surface area contributed by atoms with E-state index in [-0.39, 0.29) is 11.8 Å². The quantitative estimate of drug-likeness (QED) is 0.901. The van der Waals surface area contributed by atoms with Gasteiger partial charge in [-0.1, -0.05) is 0 Å². The Hall–Kier alpha value is -1.78. The van der Waals surface area contributed by atoms with E-state index in [0.717, 1.165) is 37.5 Å². The van der Waals surface area contributed by atoms with Gasteiger partial charge in [-0.15, -0.1) is 0 Å². The van der Waals surface area contributed by atoms with Crippen molar-refractivity contribution in [1.29, 1.82) is 0 Å². The second-order valence-electron chi connectivity index (χ2n) is 5.21. The van der Waals surface area contributed by atoms with Crippen LogP contribution in [0.2, 0.25) is 0 Å². The van der Waals surface area contributed by atoms with Gasteiger partial charge < -0.3 is 15.0 Å². The number of methoxy groups -OCH3 is 1. The molecule has 1 saturated carbocycles. The number of aromatic nitrogens is 1. The highest BCUT2D eigenvalue weighted by Crippen LogP contribution is 2.31. The van der Waals surface area contributed by atoms with Crippen LogP contribution in [0, 0.1) is 5.92 Å². The molecule has 5 nitrogen and oxygen atoms in total. The molecule has 0 spiro atoms. The van der Waals surface area contributed by atoms with Crippen LogP contribution in [0.1, 0.15) is 25.7 Å². The SMILES string of the molecule is COc1cc(NC(=O)C2CC2)nc(N2CCCC2)c1. The van der Waals surface area contributed by atoms with Gasteiger partial charge in [-0.05, 0) is 25.7 Å². The van der Waals surface area contributed by atoms with Crippen molar-refractivity contribution in [2.45, 2.75) is 25.7 Å². The lowest BCUT2D eigenvalue weighted by atomic mass is 10.3. The van der Waals surface area contributed by atoms with Crippen LogP contribution in [-0.2, 0) is 4.79 Å². The van der Waals surface area contributed by atoms with Crippen molar-refractivity contribution < 1.29 is 9.53 Å². The van der Waals surface area contributed by atoms with E-state index in [2.05, 4.69) is 15.2 Å². The Morgan fingerprint density at radius 2 is 2.11 bits per heavy atom. The van der Waals surface area contributed by atoms with Gasteiger partial charge in [0.05, 0.1) is 7.11 Å². The minimum absolute atomic E-state index is 0.0770. The number of carbonyl (C=O) groups excluding carboxylic acids is 1. The highest BCUT2D eigenvalue weighted by atomic mass is 16.5. The van der Waals surface area contributed by atoms with Crippen LogP contribution in [0.15, 0.2) is 12.1 Å². The summed E-state index contributed by atoms with van der Waals surface area (Å²) in [5.74, 6) is 2.49. The van der Waals surface area contributed by atoms with E-state index < -0.39 is 0 Å². The Morgan fingerprint density at radius 3 is 2.74 bits per heavy atom. The third kappa shape index (κ3) is 2.80. The van der Waals surface area contributed by atoms with Gasteiger partial charge in [0, 0.05) is 31.1 Å². The Kier molecular flexibility index (Phi) is 3.27. The summed E-state index contributed by atoms with van der Waals surface area (Å²) in [6.45, 7) is 2.05. The molecule has 2 heterocycles. The molecule has 1 aromatic heterocycles. The predicted octanol–water partition coefficient (Wildman–Crippen LogP) is 2.04. The fourth-order valence-electron chi connectivity index (χ4n) is 2.36. The molecule has 5 heteroatoms. The first-order valence-corrected chi connectivity index (χ1v) is 6.88. The predicted molar refractivity (Wildman–Crippen MR) is 73.6 cm³/mol. The van der Waals surface area contributed by atoms with Crippen LogP contribution >= 0.6 is 0 Å². The molecule has 1 aromatic rings. The molecule has 0 aromatic carbocycles. The summed E-state index contributed by atoms with van der Waals surface area (Å²) in [6, 6.07) is 3.71. The lowest BCUT2D eigenvalue weighted by Gasteiger charge is -2.18. The molecule has 0 unspecified atom stereocenters. The van der Waals surface area contributed by atoms with Crippen molar-refractivity contribution >= 4 is 17.5 Å². The highest BCUT2D eigenvalue weighted by Gasteiger charge is 2.30. The summed E-state index contributed by atoms with van der Waals surface area (Å²) in [6.07, 6.45) is 4.38. The maximum absolute atomic E-state index is 11.8. The fourth-order valence-corrected chi connectivity index (χ4v) is 2.36. The average Bonchev–Trinajstić information content (AvgIpc) is 3.13. The Labute approximate surface area is 113 Å². The van der Waals surface area contributed by atoms with Crippen molar-refractivity contribution in [3.8, 4) is 5.75 Å². The molecule has 1 amide bonds. The van der Waals surface area contributed by atoms with Gasteiger partial charge in [-0.2, -0.15) is 0 Å². The van der Waals surface area contributed by atoms with Gasteiger partial charge in [0.25, 0.3) is 0 Å². The van der Waals surface area contributed by atoms with Gasteiger partial charge in [0.1, 0.15) is 17.4 Å². The second-order valence-corrected chi connectivity index (χ2v) is 5.21. The first kappa shape index (κ1) is 12.3. The summed E-state index contributed by atoms with van der Waals surface area (Å²) in [5.41, 5.74) is 0. The first-order valence-electron chi connectivity index (χ1n) is 6.88. The van der Waals surface area contributed by atoms with E-state index in [1.165, 1.54) is 12.8 Å². The number of pyridine rings is 1. The number of ether oxygens (including phenoxy) is 1. The van der Waals surface area contributed by atoms with E-state index in [4.69, 9.17) is 4.74 Å². The molecule has 1 N–H and O–H groups in total. The number of carbonyl (C=O) groups is 1. The van der Waals surface area contributed by atoms with E-state index in [9.17, 15) is 4.79 Å². The number of anilines is 2. The molecule has 1 saturated heterocycles. The van der Waals surface area contributed by atoms with Crippen molar-refractivity contribution in [2.24, 2.45) is 5.92 Å². The molecule has 1 aliphatic heterocycles. The summed E-state index contributed by atoms with van der Waals surface area (Å²) in [5, 5.41) is 2.89. The summed E-state index contributed by atoms with van der Waals surface area (Å²) >= 11 is 0. The molecule has 19 heavy (non-hydrogen) atoms. The minimum atomic E-state index is 0.0770. The zero-order valence-electron chi connectivity index (χ0n) is 11.2. The minimum Gasteiger partial charge on any atom is -0.496 e. The number of amides is 1. The van der Waals surface area contributed by atoms with Crippen LogP contribution in [0.5, 0.6) is 5.75 Å². The zero-order chi connectivity index (χ0) is 13.2. The van der Waals surface area contributed by atoms with Gasteiger partial charge in [-0.25, -0.2) is 4.98 Å². The number of nitrogens with one attached hydrogen (secondary N) is 1. The second kappa shape index (κ2) is 5.07. The smallest absolute Gasteiger partial charge is 0.228 e. The summed E-state index contributed by atoms with van der Waals surface area (Å²) < 4.78 is 5.29. The van der Waals surface area contributed by atoms with Crippen LogP contribution in [-0.4, -0.2) is 31.1 Å². The summed E-state index contributed by atoms with van der Waals surface area (Å²) in [4.78, 5) is 18.6. The molecule has 0 atom stereocenters. The van der Waals surface area contributed by atoms with Gasteiger partial charge in [0.15, 0.2) is 0 Å². The van der Waals surface area contributed by atoms with Crippen LogP contribution < -0.4 is 15.0 Å². The first-order chi connectivity index (χ1) is 9.26. The van der Waals surface area contributed by atoms with Crippen LogP contribution in [0.3, 0.4) is 0 Å². The maximum Gasteiger partial charge on any atom is 0.228 e. The molecule has 2 aliphatic rings. The van der Waals surface area contributed by atoms with Crippen molar-refractivity contribution in [1.82, 2.24) is 4.98 Å². The largest absolute Gasteiger partial charge is 0.496 e. The van der Waals surface area contributed by atoms with E-state index >= 15 is 0 Å². The third-order valence-corrected chi connectivity index (χ3v) is 3.65. The Balaban J connectivity index is 1.81. The van der Waals surface area contributed by atoms with E-state index in [0.29, 0.717) is 5.82 Å². The number of hydrogen-bond acceptors (Lipinski definition) is 4. The van der Waals surface area contributed by atoms with Gasteiger partial charge >= 0.3 is 0 Å². The number of hydrogen-bond donors (Lipinski definition) is 1. The lowest BCUT2D eigenvalue weighted by Crippen LogP contribution is -2.20. The Bertz CT molecular complexity index is 480. The van der Waals surface area contributed by atoms with E-state index in [1.807, 2.05) is 6.07 Å². The molecule has 3 rings (SSSR count). The molecule has 1 aliphatic carbocycles. The highest BCUT2D eigenvalue weighted by molar-refractivity contribution is 5.93. The maximum atomic E-state index is 11.8. The number of nitrogens with zero attached hydrogens (tertiary/aromatic N) is 2. The topological polar surface area (TPSA) is 54.5 Å². The fraction of sp³-hybridized carbons (Fsp3) is 0.571. The van der Waals surface area contributed by atoms with Crippen LogP contribution in [0.4, 0.5) is 11.6 Å². The lowest BCUT2D eigenvalue weighted by molar-refractivity contribution is -0.117. The summed E-state index contributed by atoms with van der Waals surface area (Å²) in [7, 11) is 1.63. The third-order valence-electron chi connectivity index (χ3n) is 3.65. The molecular formula is C14H19N3O2. The molecule has 102 valence electrons.